The number of benzene rings is 1. The van der Waals surface area contributed by atoms with Crippen molar-refractivity contribution >= 4 is 18.1 Å². The highest BCUT2D eigenvalue weighted by Crippen LogP contribution is 2.12. The number of hydrogen-bond donors (Lipinski definition) is 1. The number of halogens is 1. The van der Waals surface area contributed by atoms with E-state index in [1.807, 2.05) is 0 Å². The van der Waals surface area contributed by atoms with Crippen molar-refractivity contribution in [1.82, 2.24) is 5.32 Å². The Balaban J connectivity index is 2.51. The number of carbonyl (C=O) groups is 2. The number of hydrogen-bond acceptors (Lipinski definition) is 4. The fourth-order valence-corrected chi connectivity index (χ4v) is 1.74. The lowest BCUT2D eigenvalue weighted by Gasteiger charge is -2.19. The summed E-state index contributed by atoms with van der Waals surface area (Å²) in [5.41, 5.74) is 0.160. The summed E-state index contributed by atoms with van der Waals surface area (Å²) in [7, 11) is 1.24. The van der Waals surface area contributed by atoms with Crippen molar-refractivity contribution in [3.8, 4) is 0 Å². The smallest absolute Gasteiger partial charge is 0.407 e. The van der Waals surface area contributed by atoms with Crippen LogP contribution in [0.15, 0.2) is 24.3 Å². The molecule has 0 aliphatic rings. The van der Waals surface area contributed by atoms with E-state index in [2.05, 4.69) is 10.1 Å². The van der Waals surface area contributed by atoms with E-state index >= 15 is 0 Å². The van der Waals surface area contributed by atoms with Crippen LogP contribution in [-0.2, 0) is 9.47 Å². The number of rotatable bonds is 5. The second kappa shape index (κ2) is 8.31. The van der Waals surface area contributed by atoms with Gasteiger partial charge in [-0.15, -0.1) is 0 Å². The lowest BCUT2D eigenvalue weighted by molar-refractivity contribution is 0.0527. The first kappa shape index (κ1) is 18.7. The maximum atomic E-state index is 13.4. The maximum absolute atomic E-state index is 13.4. The molecule has 0 radical (unpaired) electrons. The Kier molecular flexibility index (Phi) is 6.75. The first-order valence-electron chi connectivity index (χ1n) is 7.23. The Labute approximate surface area is 135 Å². The normalized spacial score (nSPS) is 11.3. The summed E-state index contributed by atoms with van der Waals surface area (Å²) in [5, 5.41) is 2.61. The Hall–Kier alpha value is -2.37. The summed E-state index contributed by atoms with van der Waals surface area (Å²) in [5.74, 6) is -1.11. The van der Waals surface area contributed by atoms with Gasteiger partial charge in [-0.25, -0.2) is 14.0 Å². The minimum atomic E-state index is -0.592. The zero-order chi connectivity index (χ0) is 17.5. The van der Waals surface area contributed by atoms with Gasteiger partial charge in [-0.2, -0.15) is 0 Å². The lowest BCUT2D eigenvalue weighted by Crippen LogP contribution is -2.32. The molecular formula is C17H22FNO4. The van der Waals surface area contributed by atoms with E-state index in [0.717, 1.165) is 6.07 Å². The highest BCUT2D eigenvalue weighted by molar-refractivity contribution is 5.90. The summed E-state index contributed by atoms with van der Waals surface area (Å²) in [6, 6.07) is 3.96. The zero-order valence-electron chi connectivity index (χ0n) is 13.8. The molecule has 0 aliphatic heterocycles. The standard InChI is InChI=1S/C17H22FNO4/c1-17(2,3)23-16(21)19-8-6-5-7-12-9-13(15(20)22-4)11-14(18)10-12/h5,7,9-11H,6,8H2,1-4H3,(H,19,21). The van der Waals surface area contributed by atoms with Crippen molar-refractivity contribution in [3.05, 3.63) is 41.2 Å². The van der Waals surface area contributed by atoms with Crippen LogP contribution in [0.25, 0.3) is 6.08 Å². The molecule has 23 heavy (non-hydrogen) atoms. The summed E-state index contributed by atoms with van der Waals surface area (Å²) < 4.78 is 23.1. The molecule has 0 atom stereocenters. The third-order valence-electron chi connectivity index (χ3n) is 2.63. The van der Waals surface area contributed by atoms with E-state index < -0.39 is 23.5 Å². The Morgan fingerprint density at radius 1 is 1.26 bits per heavy atom. The lowest BCUT2D eigenvalue weighted by atomic mass is 10.1. The number of alkyl carbamates (subject to hydrolysis) is 1. The van der Waals surface area contributed by atoms with Crippen molar-refractivity contribution < 1.29 is 23.5 Å². The second-order valence-corrected chi connectivity index (χ2v) is 5.88. The van der Waals surface area contributed by atoms with Crippen LogP contribution in [-0.4, -0.2) is 31.3 Å². The van der Waals surface area contributed by atoms with Gasteiger partial charge < -0.3 is 14.8 Å². The largest absolute Gasteiger partial charge is 0.465 e. The van der Waals surface area contributed by atoms with Gasteiger partial charge in [0.2, 0.25) is 0 Å². The molecule has 0 saturated carbocycles. The molecule has 0 unspecified atom stereocenters. The van der Waals surface area contributed by atoms with Crippen molar-refractivity contribution in [1.29, 1.82) is 0 Å². The zero-order valence-corrected chi connectivity index (χ0v) is 13.8. The van der Waals surface area contributed by atoms with E-state index in [1.165, 1.54) is 19.2 Å². The molecular weight excluding hydrogens is 301 g/mol. The minimum Gasteiger partial charge on any atom is -0.465 e. The summed E-state index contributed by atoms with van der Waals surface area (Å²) in [4.78, 5) is 22.8. The van der Waals surface area contributed by atoms with Crippen molar-refractivity contribution in [2.75, 3.05) is 13.7 Å². The van der Waals surface area contributed by atoms with Crippen LogP contribution in [0.2, 0.25) is 0 Å². The van der Waals surface area contributed by atoms with E-state index in [0.29, 0.717) is 18.5 Å². The van der Waals surface area contributed by atoms with Crippen LogP contribution in [0, 0.1) is 5.82 Å². The molecule has 0 heterocycles. The average molecular weight is 323 g/mol. The molecule has 0 fully saturated rings. The van der Waals surface area contributed by atoms with Gasteiger partial charge in [0.05, 0.1) is 12.7 Å². The SMILES string of the molecule is COC(=O)c1cc(F)cc(C=CCCNC(=O)OC(C)(C)C)c1. The molecule has 1 rings (SSSR count). The van der Waals surface area contributed by atoms with Crippen LogP contribution >= 0.6 is 0 Å². The highest BCUT2D eigenvalue weighted by atomic mass is 19.1. The van der Waals surface area contributed by atoms with Gasteiger partial charge in [-0.1, -0.05) is 12.2 Å². The van der Waals surface area contributed by atoms with E-state index in [9.17, 15) is 14.0 Å². The third-order valence-corrected chi connectivity index (χ3v) is 2.63. The van der Waals surface area contributed by atoms with Gasteiger partial charge in [0.25, 0.3) is 0 Å². The van der Waals surface area contributed by atoms with Gasteiger partial charge in [-0.3, -0.25) is 0 Å². The quantitative estimate of drug-likeness (QED) is 0.665. The first-order valence-corrected chi connectivity index (χ1v) is 7.23. The average Bonchev–Trinajstić information content (AvgIpc) is 2.43. The number of nitrogens with one attached hydrogen (secondary N) is 1. The molecule has 1 N–H and O–H groups in total. The second-order valence-electron chi connectivity index (χ2n) is 5.88. The molecule has 6 heteroatoms. The topological polar surface area (TPSA) is 64.6 Å². The maximum Gasteiger partial charge on any atom is 0.407 e. The molecule has 126 valence electrons. The fraction of sp³-hybridized carbons (Fsp3) is 0.412. The Bertz CT molecular complexity index is 591. The van der Waals surface area contributed by atoms with Crippen LogP contribution in [0.1, 0.15) is 43.1 Å². The molecule has 1 aromatic rings. The van der Waals surface area contributed by atoms with Crippen LogP contribution < -0.4 is 5.32 Å². The summed E-state index contributed by atoms with van der Waals surface area (Å²) >= 11 is 0. The molecule has 0 aliphatic carbocycles. The number of esters is 1. The van der Waals surface area contributed by atoms with Crippen molar-refractivity contribution in [2.24, 2.45) is 0 Å². The monoisotopic (exact) mass is 323 g/mol. The Morgan fingerprint density at radius 3 is 2.57 bits per heavy atom. The number of amides is 1. The summed E-state index contributed by atoms with van der Waals surface area (Å²) in [6.07, 6.45) is 3.51. The van der Waals surface area contributed by atoms with E-state index in [1.54, 1.807) is 32.9 Å². The number of carbonyl (C=O) groups excluding carboxylic acids is 2. The highest BCUT2D eigenvalue weighted by Gasteiger charge is 2.15. The van der Waals surface area contributed by atoms with Crippen molar-refractivity contribution in [2.45, 2.75) is 32.8 Å². The fourth-order valence-electron chi connectivity index (χ4n) is 1.74. The van der Waals surface area contributed by atoms with E-state index in [4.69, 9.17) is 4.74 Å². The van der Waals surface area contributed by atoms with Crippen molar-refractivity contribution in [3.63, 3.8) is 0 Å². The molecule has 1 aromatic carbocycles. The number of methoxy groups -OCH3 is 1. The number of ether oxygens (including phenoxy) is 2. The van der Waals surface area contributed by atoms with E-state index in [-0.39, 0.29) is 5.56 Å². The molecule has 0 bridgehead atoms. The summed E-state index contributed by atoms with van der Waals surface area (Å²) in [6.45, 7) is 5.75. The van der Waals surface area contributed by atoms with Gasteiger partial charge >= 0.3 is 12.1 Å². The predicted octanol–water partition coefficient (Wildman–Crippen LogP) is 3.54. The van der Waals surface area contributed by atoms with Gasteiger partial charge in [-0.05, 0) is 51.0 Å². The van der Waals surface area contributed by atoms with Gasteiger partial charge in [0.15, 0.2) is 0 Å². The van der Waals surface area contributed by atoms with Crippen LogP contribution in [0.5, 0.6) is 0 Å². The molecule has 5 nitrogen and oxygen atoms in total. The molecule has 1 amide bonds. The van der Waals surface area contributed by atoms with Gasteiger partial charge in [0, 0.05) is 6.54 Å². The first-order chi connectivity index (χ1) is 10.7. The van der Waals surface area contributed by atoms with Crippen LogP contribution in [0.3, 0.4) is 0 Å². The molecule has 0 spiro atoms. The molecule has 0 saturated heterocycles. The Morgan fingerprint density at radius 2 is 1.96 bits per heavy atom. The third kappa shape index (κ3) is 7.44. The minimum absolute atomic E-state index is 0.152. The van der Waals surface area contributed by atoms with Crippen LogP contribution in [0.4, 0.5) is 9.18 Å². The predicted molar refractivity (Wildman–Crippen MR) is 85.6 cm³/mol. The molecule has 0 aromatic heterocycles. The van der Waals surface area contributed by atoms with Gasteiger partial charge in [0.1, 0.15) is 11.4 Å².